The molecule has 81 heavy (non-hydrogen) atoms. The zero-order valence-electron chi connectivity index (χ0n) is 43.9. The van der Waals surface area contributed by atoms with Crippen LogP contribution in [0.3, 0.4) is 0 Å². The zero-order valence-corrected chi connectivity index (χ0v) is 43.9. The average molecular weight is 1030 g/mol. The minimum Gasteiger partial charge on any atom is -0.309 e. The summed E-state index contributed by atoms with van der Waals surface area (Å²) in [6.45, 7) is 0. The van der Waals surface area contributed by atoms with Gasteiger partial charge in [0, 0.05) is 38.4 Å². The van der Waals surface area contributed by atoms with E-state index in [1.807, 2.05) is 18.2 Å². The van der Waals surface area contributed by atoms with E-state index >= 15 is 0 Å². The van der Waals surface area contributed by atoms with Crippen LogP contribution in [-0.2, 0) is 5.41 Å². The van der Waals surface area contributed by atoms with Gasteiger partial charge in [0.05, 0.1) is 27.5 Å². The maximum absolute atomic E-state index is 5.58. The minimum absolute atomic E-state index is 0.548. The van der Waals surface area contributed by atoms with Crippen LogP contribution in [-0.4, -0.2) is 24.1 Å². The Balaban J connectivity index is 0.881. The maximum Gasteiger partial charge on any atom is 0.238 e. The van der Waals surface area contributed by atoms with E-state index in [9.17, 15) is 0 Å². The third-order valence-electron chi connectivity index (χ3n) is 17.2. The number of hydrogen-bond acceptors (Lipinski definition) is 3. The fraction of sp³-hybridized carbons (Fsp3) is 0.0132. The second-order valence-corrected chi connectivity index (χ2v) is 21.4. The van der Waals surface area contributed by atoms with Crippen molar-refractivity contribution in [1.82, 2.24) is 24.1 Å². The van der Waals surface area contributed by atoms with Crippen molar-refractivity contribution in [2.75, 3.05) is 0 Å². The van der Waals surface area contributed by atoms with Gasteiger partial charge in [-0.2, -0.15) is 9.97 Å². The first-order valence-corrected chi connectivity index (χ1v) is 27.8. The summed E-state index contributed by atoms with van der Waals surface area (Å²) in [5.74, 6) is 1.75. The molecule has 0 atom stereocenters. The van der Waals surface area contributed by atoms with Gasteiger partial charge in [0.1, 0.15) is 0 Å². The van der Waals surface area contributed by atoms with Gasteiger partial charge in [-0.3, -0.25) is 4.57 Å². The molecule has 13 aromatic carbocycles. The van der Waals surface area contributed by atoms with Crippen molar-refractivity contribution in [3.05, 3.63) is 307 Å². The number of hydrogen-bond donors (Lipinski definition) is 0. The molecule has 0 bridgehead atoms. The number of para-hydroxylation sites is 2. The van der Waals surface area contributed by atoms with Crippen LogP contribution in [0.4, 0.5) is 0 Å². The molecule has 0 saturated carbocycles. The SMILES string of the molecule is c1ccc(-c2nc(-c3ccc4c(c3)C(c3ccccc3)(c3ccccc3)c3ccccc3-4)nc(-n3c4ccccc4c4cc5c6ccccc6n(-c6cccc(-c7ccc8c9ccccc9c9ccccc9c8c7)c6)c5cc43)n2)cc1. The predicted octanol–water partition coefficient (Wildman–Crippen LogP) is 18.9. The van der Waals surface area contributed by atoms with Crippen LogP contribution in [0.2, 0.25) is 0 Å². The van der Waals surface area contributed by atoms with Crippen molar-refractivity contribution in [2.45, 2.75) is 5.41 Å². The van der Waals surface area contributed by atoms with Gasteiger partial charge in [-0.05, 0) is 125 Å². The third-order valence-corrected chi connectivity index (χ3v) is 17.2. The minimum atomic E-state index is -0.585. The molecule has 5 heteroatoms. The number of rotatable bonds is 7. The molecule has 16 aromatic rings. The van der Waals surface area contributed by atoms with E-state index in [1.165, 1.54) is 82.0 Å². The molecule has 0 saturated heterocycles. The number of aromatic nitrogens is 5. The molecular weight excluding hydrogens is 983 g/mol. The fourth-order valence-electron chi connectivity index (χ4n) is 13.7. The van der Waals surface area contributed by atoms with Crippen LogP contribution in [0.25, 0.3) is 133 Å². The highest BCUT2D eigenvalue weighted by Gasteiger charge is 2.46. The van der Waals surface area contributed by atoms with Crippen LogP contribution in [0.15, 0.2) is 285 Å². The van der Waals surface area contributed by atoms with Crippen molar-refractivity contribution in [3.8, 4) is 56.7 Å². The lowest BCUT2D eigenvalue weighted by atomic mass is 9.67. The van der Waals surface area contributed by atoms with Gasteiger partial charge in [0.25, 0.3) is 0 Å². The number of fused-ring (bicyclic) bond motifs is 15. The molecule has 0 spiro atoms. The molecule has 376 valence electrons. The highest BCUT2D eigenvalue weighted by Crippen LogP contribution is 2.57. The van der Waals surface area contributed by atoms with E-state index in [4.69, 9.17) is 15.0 Å². The largest absolute Gasteiger partial charge is 0.309 e. The summed E-state index contributed by atoms with van der Waals surface area (Å²) in [5, 5.41) is 12.2. The van der Waals surface area contributed by atoms with Gasteiger partial charge in [-0.1, -0.05) is 237 Å². The third kappa shape index (κ3) is 6.70. The lowest BCUT2D eigenvalue weighted by molar-refractivity contribution is 0.768. The van der Waals surface area contributed by atoms with Crippen molar-refractivity contribution < 1.29 is 0 Å². The lowest BCUT2D eigenvalue weighted by Gasteiger charge is -2.34. The summed E-state index contributed by atoms with van der Waals surface area (Å²) in [6, 6.07) is 104. The topological polar surface area (TPSA) is 48.5 Å². The quantitative estimate of drug-likeness (QED) is 0.149. The molecule has 0 fully saturated rings. The van der Waals surface area contributed by atoms with Crippen LogP contribution in [0.5, 0.6) is 0 Å². The predicted molar refractivity (Wildman–Crippen MR) is 335 cm³/mol. The Morgan fingerprint density at radius 2 is 0.728 bits per heavy atom. The Kier molecular flexibility index (Phi) is 9.86. The van der Waals surface area contributed by atoms with Crippen molar-refractivity contribution >= 4 is 75.9 Å². The Morgan fingerprint density at radius 3 is 1.40 bits per heavy atom. The van der Waals surface area contributed by atoms with E-state index in [2.05, 4.69) is 276 Å². The van der Waals surface area contributed by atoms with Crippen LogP contribution < -0.4 is 0 Å². The second kappa shape index (κ2) is 17.6. The first-order valence-electron chi connectivity index (χ1n) is 27.8. The molecule has 1 aliphatic carbocycles. The van der Waals surface area contributed by atoms with Gasteiger partial charge in [-0.15, -0.1) is 0 Å². The zero-order chi connectivity index (χ0) is 53.2. The van der Waals surface area contributed by atoms with Crippen LogP contribution >= 0.6 is 0 Å². The van der Waals surface area contributed by atoms with E-state index in [1.54, 1.807) is 0 Å². The Bertz CT molecular complexity index is 5160. The van der Waals surface area contributed by atoms with Crippen LogP contribution in [0, 0.1) is 0 Å². The standard InChI is InChI=1S/C76H47N5/c1-4-21-48(22-5-1)73-77-74(51-40-42-61-60-33-14-17-36-67(60)76(68(61)45-51,52-24-6-2-7-25-52)53-26-8-3-9-27-53)79-75(78-73)81-70-38-19-16-35-63(70)66-46-65-62-34-15-18-37-69(62)80(71(65)47-72(66)81)54-28-20-23-49(43-54)50-39-41-59-57-31-11-10-29-55(57)56-30-12-13-32-58(56)64(59)44-50/h1-47H. The van der Waals surface area contributed by atoms with Crippen LogP contribution in [0.1, 0.15) is 22.3 Å². The summed E-state index contributed by atoms with van der Waals surface area (Å²) >= 11 is 0. The molecule has 0 aliphatic heterocycles. The Labute approximate surface area is 467 Å². The molecule has 1 aliphatic rings. The smallest absolute Gasteiger partial charge is 0.238 e. The highest BCUT2D eigenvalue weighted by molar-refractivity contribution is 6.26. The molecule has 0 radical (unpaired) electrons. The Hall–Kier alpha value is -10.8. The van der Waals surface area contributed by atoms with Gasteiger partial charge in [0.15, 0.2) is 11.6 Å². The molecule has 3 aromatic heterocycles. The van der Waals surface area contributed by atoms with E-state index in [0.29, 0.717) is 17.6 Å². The molecular formula is C76H47N5. The van der Waals surface area contributed by atoms with E-state index in [-0.39, 0.29) is 0 Å². The van der Waals surface area contributed by atoms with Gasteiger partial charge >= 0.3 is 0 Å². The first-order chi connectivity index (χ1) is 40.2. The molecule has 3 heterocycles. The molecule has 0 N–H and O–H groups in total. The first kappa shape index (κ1) is 45.3. The number of nitrogens with zero attached hydrogens (tertiary/aromatic N) is 5. The summed E-state index contributed by atoms with van der Waals surface area (Å²) in [5.41, 5.74) is 16.2. The summed E-state index contributed by atoms with van der Waals surface area (Å²) in [6.07, 6.45) is 0. The van der Waals surface area contributed by atoms with Gasteiger partial charge < -0.3 is 4.57 Å². The summed E-state index contributed by atoms with van der Waals surface area (Å²) in [7, 11) is 0. The highest BCUT2D eigenvalue weighted by atomic mass is 15.2. The molecule has 17 rings (SSSR count). The number of benzene rings is 13. The van der Waals surface area contributed by atoms with Crippen molar-refractivity contribution in [2.24, 2.45) is 0 Å². The Morgan fingerprint density at radius 1 is 0.247 bits per heavy atom. The summed E-state index contributed by atoms with van der Waals surface area (Å²) < 4.78 is 4.69. The maximum atomic E-state index is 5.58. The normalized spacial score (nSPS) is 12.8. The fourth-order valence-corrected chi connectivity index (χ4v) is 13.7. The van der Waals surface area contributed by atoms with Crippen molar-refractivity contribution in [1.29, 1.82) is 0 Å². The molecule has 0 unspecified atom stereocenters. The molecule has 0 amide bonds. The van der Waals surface area contributed by atoms with E-state index < -0.39 is 5.41 Å². The van der Waals surface area contributed by atoms with Gasteiger partial charge in [0.2, 0.25) is 5.95 Å². The average Bonchev–Trinajstić information content (AvgIpc) is 4.37. The summed E-state index contributed by atoms with van der Waals surface area (Å²) in [4.78, 5) is 16.4. The van der Waals surface area contributed by atoms with Gasteiger partial charge in [-0.25, -0.2) is 4.98 Å². The monoisotopic (exact) mass is 1030 g/mol. The lowest BCUT2D eigenvalue weighted by Crippen LogP contribution is -2.28. The van der Waals surface area contributed by atoms with Crippen molar-refractivity contribution in [3.63, 3.8) is 0 Å². The second-order valence-electron chi connectivity index (χ2n) is 21.4. The van der Waals surface area contributed by atoms with E-state index in [0.717, 1.165) is 55.2 Å². The molecule has 5 nitrogen and oxygen atoms in total.